The summed E-state index contributed by atoms with van der Waals surface area (Å²) in [6.07, 6.45) is 0. The molecule has 0 saturated heterocycles. The second-order valence-electron chi connectivity index (χ2n) is 2.36. The van der Waals surface area contributed by atoms with Crippen molar-refractivity contribution >= 4 is 19.4 Å². The van der Waals surface area contributed by atoms with Gasteiger partial charge in [-0.15, -0.1) is 11.6 Å². The van der Waals surface area contributed by atoms with Crippen LogP contribution in [-0.4, -0.2) is 9.79 Å². The maximum atomic E-state index is 10.4. The molecular weight excluding hydrogens is 214 g/mol. The van der Waals surface area contributed by atoms with E-state index in [0.29, 0.717) is 5.88 Å². The Balaban J connectivity index is 2.76. The Morgan fingerprint density at radius 1 is 1.31 bits per heavy atom. The molecule has 0 aliphatic rings. The highest BCUT2D eigenvalue weighted by molar-refractivity contribution is 7.46. The highest BCUT2D eigenvalue weighted by Crippen LogP contribution is 2.37. The highest BCUT2D eigenvalue weighted by atomic mass is 35.5. The van der Waals surface area contributed by atoms with Gasteiger partial charge in [0.1, 0.15) is 5.75 Å². The zero-order chi connectivity index (χ0) is 9.90. The molecule has 0 aliphatic carbocycles. The fourth-order valence-electron chi connectivity index (χ4n) is 0.777. The number of rotatable bonds is 3. The maximum absolute atomic E-state index is 10.4. The number of halogens is 1. The van der Waals surface area contributed by atoms with Crippen LogP contribution in [0.5, 0.6) is 5.75 Å². The van der Waals surface area contributed by atoms with Crippen LogP contribution < -0.4 is 4.52 Å². The van der Waals surface area contributed by atoms with Gasteiger partial charge in [-0.3, -0.25) is 9.79 Å². The van der Waals surface area contributed by atoms with Crippen LogP contribution in [0.1, 0.15) is 5.56 Å². The second kappa shape index (κ2) is 4.11. The van der Waals surface area contributed by atoms with Crippen molar-refractivity contribution in [3.63, 3.8) is 0 Å². The fourth-order valence-corrected chi connectivity index (χ4v) is 1.35. The van der Waals surface area contributed by atoms with Gasteiger partial charge < -0.3 is 4.52 Å². The summed E-state index contributed by atoms with van der Waals surface area (Å²) in [7, 11) is -4.44. The molecule has 6 heteroatoms. The van der Waals surface area contributed by atoms with E-state index < -0.39 is 7.82 Å². The van der Waals surface area contributed by atoms with Crippen LogP contribution in [0.15, 0.2) is 24.3 Å². The summed E-state index contributed by atoms with van der Waals surface area (Å²) in [5, 5.41) is 0. The van der Waals surface area contributed by atoms with Gasteiger partial charge >= 0.3 is 7.82 Å². The van der Waals surface area contributed by atoms with Gasteiger partial charge in [-0.05, 0) is 17.7 Å². The molecule has 0 spiro atoms. The lowest BCUT2D eigenvalue weighted by Gasteiger charge is -2.06. The molecule has 1 aromatic carbocycles. The lowest BCUT2D eigenvalue weighted by Crippen LogP contribution is -1.89. The molecule has 0 unspecified atom stereocenters. The molecule has 0 aliphatic heterocycles. The maximum Gasteiger partial charge on any atom is 0.524 e. The zero-order valence-corrected chi connectivity index (χ0v) is 8.20. The Labute approximate surface area is 80.4 Å². The Bertz CT molecular complexity index is 318. The quantitative estimate of drug-likeness (QED) is 0.605. The van der Waals surface area contributed by atoms with Crippen LogP contribution in [-0.2, 0) is 10.4 Å². The molecule has 13 heavy (non-hydrogen) atoms. The van der Waals surface area contributed by atoms with Crippen molar-refractivity contribution in [2.45, 2.75) is 5.88 Å². The molecular formula is C7H8ClO4P. The molecule has 0 aromatic heterocycles. The lowest BCUT2D eigenvalue weighted by molar-refractivity contribution is 0.283. The van der Waals surface area contributed by atoms with E-state index in [1.54, 1.807) is 12.1 Å². The van der Waals surface area contributed by atoms with E-state index in [4.69, 9.17) is 21.4 Å². The van der Waals surface area contributed by atoms with Gasteiger partial charge in [0.2, 0.25) is 0 Å². The van der Waals surface area contributed by atoms with Crippen molar-refractivity contribution in [1.82, 2.24) is 0 Å². The normalized spacial score (nSPS) is 11.3. The standard InChI is InChI=1S/C7H8ClO4P/c8-5-6-1-3-7(4-2-6)12-13(9,10)11/h1-4H,5H2,(H2,9,10,11). The smallest absolute Gasteiger partial charge is 0.404 e. The zero-order valence-electron chi connectivity index (χ0n) is 6.55. The fraction of sp³-hybridized carbons (Fsp3) is 0.143. The van der Waals surface area contributed by atoms with Crippen LogP contribution in [0.4, 0.5) is 0 Å². The van der Waals surface area contributed by atoms with E-state index >= 15 is 0 Å². The van der Waals surface area contributed by atoms with Crippen molar-refractivity contribution in [3.8, 4) is 5.75 Å². The van der Waals surface area contributed by atoms with E-state index in [1.165, 1.54) is 12.1 Å². The average molecular weight is 223 g/mol. The molecule has 0 bridgehead atoms. The Morgan fingerprint density at radius 2 is 1.85 bits per heavy atom. The summed E-state index contributed by atoms with van der Waals surface area (Å²) >= 11 is 5.52. The molecule has 0 amide bonds. The van der Waals surface area contributed by atoms with Gasteiger partial charge in [0.05, 0.1) is 0 Å². The van der Waals surface area contributed by atoms with Crippen molar-refractivity contribution in [1.29, 1.82) is 0 Å². The summed E-state index contributed by atoms with van der Waals surface area (Å²) in [4.78, 5) is 16.9. The van der Waals surface area contributed by atoms with Crippen molar-refractivity contribution in [2.75, 3.05) is 0 Å². The number of benzene rings is 1. The number of hydrogen-bond donors (Lipinski definition) is 2. The van der Waals surface area contributed by atoms with Crippen molar-refractivity contribution in [3.05, 3.63) is 29.8 Å². The molecule has 72 valence electrons. The number of alkyl halides is 1. The topological polar surface area (TPSA) is 66.8 Å². The van der Waals surface area contributed by atoms with Crippen LogP contribution >= 0.6 is 19.4 Å². The number of hydrogen-bond acceptors (Lipinski definition) is 2. The van der Waals surface area contributed by atoms with Crippen molar-refractivity contribution < 1.29 is 18.9 Å². The van der Waals surface area contributed by atoms with Crippen LogP contribution in [0.3, 0.4) is 0 Å². The lowest BCUT2D eigenvalue weighted by atomic mass is 10.2. The van der Waals surface area contributed by atoms with Crippen LogP contribution in [0.25, 0.3) is 0 Å². The molecule has 0 radical (unpaired) electrons. The minimum absolute atomic E-state index is 0.127. The minimum Gasteiger partial charge on any atom is -0.404 e. The highest BCUT2D eigenvalue weighted by Gasteiger charge is 2.15. The number of phosphoric acid groups is 1. The molecule has 2 N–H and O–H groups in total. The predicted molar refractivity (Wildman–Crippen MR) is 48.7 cm³/mol. The summed E-state index contributed by atoms with van der Waals surface area (Å²) in [5.74, 6) is 0.484. The summed E-state index contributed by atoms with van der Waals surface area (Å²) in [6.45, 7) is 0. The predicted octanol–water partition coefficient (Wildman–Crippen LogP) is 1.90. The first-order chi connectivity index (χ1) is 6.01. The van der Waals surface area contributed by atoms with Crippen LogP contribution in [0.2, 0.25) is 0 Å². The molecule has 0 saturated carbocycles. The monoisotopic (exact) mass is 222 g/mol. The van der Waals surface area contributed by atoms with E-state index in [-0.39, 0.29) is 5.75 Å². The first-order valence-corrected chi connectivity index (χ1v) is 5.48. The van der Waals surface area contributed by atoms with Gasteiger partial charge in [-0.1, -0.05) is 12.1 Å². The van der Waals surface area contributed by atoms with Gasteiger partial charge in [0, 0.05) is 5.88 Å². The van der Waals surface area contributed by atoms with E-state index in [9.17, 15) is 4.57 Å². The summed E-state index contributed by atoms with van der Waals surface area (Å²) < 4.78 is 14.7. The second-order valence-corrected chi connectivity index (χ2v) is 3.79. The molecule has 1 aromatic rings. The molecule has 0 fully saturated rings. The van der Waals surface area contributed by atoms with Gasteiger partial charge in [0.15, 0.2) is 0 Å². The summed E-state index contributed by atoms with van der Waals surface area (Å²) in [6, 6.07) is 6.18. The van der Waals surface area contributed by atoms with Crippen molar-refractivity contribution in [2.24, 2.45) is 0 Å². The van der Waals surface area contributed by atoms with Gasteiger partial charge in [-0.25, -0.2) is 4.57 Å². The van der Waals surface area contributed by atoms with E-state index in [0.717, 1.165) is 5.56 Å². The third-order valence-electron chi connectivity index (χ3n) is 1.30. The van der Waals surface area contributed by atoms with Crippen LogP contribution in [0, 0.1) is 0 Å². The first-order valence-electron chi connectivity index (χ1n) is 3.41. The van der Waals surface area contributed by atoms with Gasteiger partial charge in [0.25, 0.3) is 0 Å². The molecule has 0 atom stereocenters. The van der Waals surface area contributed by atoms with E-state index in [1.807, 2.05) is 0 Å². The third-order valence-corrected chi connectivity index (χ3v) is 2.06. The molecule has 4 nitrogen and oxygen atoms in total. The van der Waals surface area contributed by atoms with Gasteiger partial charge in [-0.2, -0.15) is 0 Å². The Morgan fingerprint density at radius 3 is 2.23 bits per heavy atom. The largest absolute Gasteiger partial charge is 0.524 e. The minimum atomic E-state index is -4.44. The SMILES string of the molecule is O=P(O)(O)Oc1ccc(CCl)cc1. The molecule has 0 heterocycles. The molecule has 1 rings (SSSR count). The Kier molecular flexibility index (Phi) is 3.33. The Hall–Kier alpha value is -0.540. The average Bonchev–Trinajstić information content (AvgIpc) is 2.03. The summed E-state index contributed by atoms with van der Waals surface area (Å²) in [5.41, 5.74) is 0.861. The third kappa shape index (κ3) is 3.79. The van der Waals surface area contributed by atoms with E-state index in [2.05, 4.69) is 4.52 Å². The number of phosphoric ester groups is 1. The first kappa shape index (κ1) is 10.5.